The molecule has 0 saturated carbocycles. The Labute approximate surface area is 104 Å². The van der Waals surface area contributed by atoms with Crippen molar-refractivity contribution in [3.05, 3.63) is 47.7 Å². The number of ether oxygens (including phenoxy) is 1. The second-order valence-corrected chi connectivity index (χ2v) is 3.88. The van der Waals surface area contributed by atoms with E-state index in [0.29, 0.717) is 13.0 Å². The minimum atomic E-state index is -1.11. The van der Waals surface area contributed by atoms with Crippen molar-refractivity contribution in [3.8, 4) is 0 Å². The number of benzene rings is 1. The molecule has 1 aliphatic heterocycles. The summed E-state index contributed by atoms with van der Waals surface area (Å²) in [5.74, 6) is -1.11. The van der Waals surface area contributed by atoms with E-state index in [9.17, 15) is 9.59 Å². The summed E-state index contributed by atoms with van der Waals surface area (Å²) in [6, 6.07) is 9.25. The Balaban J connectivity index is 1.93. The Kier molecular flexibility index (Phi) is 3.62. The highest BCUT2D eigenvalue weighted by Crippen LogP contribution is 2.16. The molecule has 1 aromatic carbocycles. The second-order valence-electron chi connectivity index (χ2n) is 3.88. The SMILES string of the molecule is O=C(O)C1=CCCN1C(=O)OCc1ccccc1. The molecule has 5 heteroatoms. The molecule has 0 aromatic heterocycles. The molecule has 0 atom stereocenters. The molecular weight excluding hydrogens is 234 g/mol. The first-order valence-corrected chi connectivity index (χ1v) is 5.60. The van der Waals surface area contributed by atoms with Gasteiger partial charge in [0.15, 0.2) is 0 Å². The number of nitrogens with zero attached hydrogens (tertiary/aromatic N) is 1. The largest absolute Gasteiger partial charge is 0.477 e. The molecule has 0 spiro atoms. The Bertz CT molecular complexity index is 481. The number of hydrogen-bond donors (Lipinski definition) is 1. The lowest BCUT2D eigenvalue weighted by Crippen LogP contribution is -2.31. The van der Waals surface area contributed by atoms with Gasteiger partial charge in [-0.15, -0.1) is 0 Å². The van der Waals surface area contributed by atoms with E-state index in [1.807, 2.05) is 30.3 Å². The minimum Gasteiger partial charge on any atom is -0.477 e. The van der Waals surface area contributed by atoms with E-state index in [1.54, 1.807) is 0 Å². The van der Waals surface area contributed by atoms with Gasteiger partial charge in [-0.25, -0.2) is 9.59 Å². The van der Waals surface area contributed by atoms with Crippen LogP contribution in [-0.4, -0.2) is 28.6 Å². The highest BCUT2D eigenvalue weighted by atomic mass is 16.6. The second kappa shape index (κ2) is 5.35. The molecule has 0 radical (unpaired) electrons. The summed E-state index contributed by atoms with van der Waals surface area (Å²) in [5.41, 5.74) is 0.860. The molecule has 0 saturated heterocycles. The van der Waals surface area contributed by atoms with Gasteiger partial charge in [-0.05, 0) is 12.0 Å². The molecule has 1 N–H and O–H groups in total. The molecule has 1 aliphatic rings. The lowest BCUT2D eigenvalue weighted by Gasteiger charge is -2.17. The summed E-state index contributed by atoms with van der Waals surface area (Å²) in [4.78, 5) is 23.8. The molecule has 0 unspecified atom stereocenters. The van der Waals surface area contributed by atoms with Gasteiger partial charge >= 0.3 is 12.1 Å². The maximum atomic E-state index is 11.7. The predicted molar refractivity (Wildman–Crippen MR) is 63.7 cm³/mol. The quantitative estimate of drug-likeness (QED) is 0.887. The zero-order valence-electron chi connectivity index (χ0n) is 9.70. The van der Waals surface area contributed by atoms with E-state index in [-0.39, 0.29) is 12.3 Å². The summed E-state index contributed by atoms with van der Waals surface area (Å²) < 4.78 is 5.08. The van der Waals surface area contributed by atoms with E-state index in [4.69, 9.17) is 9.84 Å². The van der Waals surface area contributed by atoms with Crippen LogP contribution in [0.5, 0.6) is 0 Å². The number of rotatable bonds is 3. The number of carbonyl (C=O) groups excluding carboxylic acids is 1. The van der Waals surface area contributed by atoms with Crippen molar-refractivity contribution < 1.29 is 19.4 Å². The van der Waals surface area contributed by atoms with Gasteiger partial charge in [-0.3, -0.25) is 4.90 Å². The first kappa shape index (κ1) is 12.2. The van der Waals surface area contributed by atoms with Crippen LogP contribution in [0, 0.1) is 0 Å². The molecule has 0 fully saturated rings. The van der Waals surface area contributed by atoms with Crippen LogP contribution in [0.1, 0.15) is 12.0 Å². The number of carboxylic acids is 1. The van der Waals surface area contributed by atoms with Crippen molar-refractivity contribution in [1.29, 1.82) is 0 Å². The van der Waals surface area contributed by atoms with Gasteiger partial charge in [0.2, 0.25) is 0 Å². The average molecular weight is 247 g/mol. The third-order valence-corrected chi connectivity index (χ3v) is 2.63. The third-order valence-electron chi connectivity index (χ3n) is 2.63. The summed E-state index contributed by atoms with van der Waals surface area (Å²) in [7, 11) is 0. The number of hydrogen-bond acceptors (Lipinski definition) is 3. The van der Waals surface area contributed by atoms with Crippen molar-refractivity contribution >= 4 is 12.1 Å². The maximum absolute atomic E-state index is 11.7. The van der Waals surface area contributed by atoms with E-state index in [1.165, 1.54) is 6.08 Å². The molecule has 0 bridgehead atoms. The molecular formula is C13H13NO4. The molecule has 1 amide bonds. The average Bonchev–Trinajstić information content (AvgIpc) is 2.86. The van der Waals surface area contributed by atoms with Gasteiger partial charge in [-0.1, -0.05) is 36.4 Å². The normalized spacial score (nSPS) is 14.2. The molecule has 5 nitrogen and oxygen atoms in total. The van der Waals surface area contributed by atoms with Crippen LogP contribution in [0.3, 0.4) is 0 Å². The fraction of sp³-hybridized carbons (Fsp3) is 0.231. The first-order valence-electron chi connectivity index (χ1n) is 5.60. The Morgan fingerprint density at radius 3 is 2.67 bits per heavy atom. The maximum Gasteiger partial charge on any atom is 0.414 e. The van der Waals surface area contributed by atoms with Crippen LogP contribution < -0.4 is 0 Å². The van der Waals surface area contributed by atoms with Crippen molar-refractivity contribution in [2.24, 2.45) is 0 Å². The highest BCUT2D eigenvalue weighted by Gasteiger charge is 2.27. The van der Waals surface area contributed by atoms with Gasteiger partial charge in [0.05, 0.1) is 0 Å². The molecule has 1 heterocycles. The van der Waals surface area contributed by atoms with Crippen molar-refractivity contribution in [1.82, 2.24) is 4.90 Å². The van der Waals surface area contributed by atoms with Crippen molar-refractivity contribution in [2.75, 3.05) is 6.54 Å². The standard InChI is InChI=1S/C13H13NO4/c15-12(16)11-7-4-8-14(11)13(17)18-9-10-5-2-1-3-6-10/h1-3,5-7H,4,8-9H2,(H,15,16). The van der Waals surface area contributed by atoms with Crippen LogP contribution in [0.15, 0.2) is 42.1 Å². The lowest BCUT2D eigenvalue weighted by atomic mass is 10.2. The topological polar surface area (TPSA) is 66.8 Å². The summed E-state index contributed by atoms with van der Waals surface area (Å²) in [6.07, 6.45) is 1.44. The number of aliphatic carboxylic acids is 1. The Morgan fingerprint density at radius 2 is 2.00 bits per heavy atom. The van der Waals surface area contributed by atoms with E-state index in [0.717, 1.165) is 10.5 Å². The highest BCUT2D eigenvalue weighted by molar-refractivity contribution is 5.91. The van der Waals surface area contributed by atoms with E-state index < -0.39 is 12.1 Å². The van der Waals surface area contributed by atoms with Crippen LogP contribution in [0.2, 0.25) is 0 Å². The molecule has 94 valence electrons. The summed E-state index contributed by atoms with van der Waals surface area (Å²) >= 11 is 0. The molecule has 2 rings (SSSR count). The van der Waals surface area contributed by atoms with Gasteiger partial charge in [-0.2, -0.15) is 0 Å². The molecule has 0 aliphatic carbocycles. The Morgan fingerprint density at radius 1 is 1.28 bits per heavy atom. The molecule has 1 aromatic rings. The fourth-order valence-corrected chi connectivity index (χ4v) is 1.75. The summed E-state index contributed by atoms with van der Waals surface area (Å²) in [6.45, 7) is 0.498. The number of carbonyl (C=O) groups is 2. The molecule has 18 heavy (non-hydrogen) atoms. The smallest absolute Gasteiger partial charge is 0.414 e. The van der Waals surface area contributed by atoms with Crippen LogP contribution in [0.4, 0.5) is 4.79 Å². The predicted octanol–water partition coefficient (Wildman–Crippen LogP) is 2.00. The minimum absolute atomic E-state index is 0.00642. The van der Waals surface area contributed by atoms with E-state index >= 15 is 0 Å². The van der Waals surface area contributed by atoms with Gasteiger partial charge in [0, 0.05) is 6.54 Å². The van der Waals surface area contributed by atoms with Crippen molar-refractivity contribution in [2.45, 2.75) is 13.0 Å². The zero-order valence-corrected chi connectivity index (χ0v) is 9.70. The number of amides is 1. The third kappa shape index (κ3) is 2.68. The first-order chi connectivity index (χ1) is 8.68. The van der Waals surface area contributed by atoms with E-state index in [2.05, 4.69) is 0 Å². The zero-order chi connectivity index (χ0) is 13.0. The fourth-order valence-electron chi connectivity index (χ4n) is 1.75. The summed E-state index contributed by atoms with van der Waals surface area (Å²) in [5, 5.41) is 8.90. The van der Waals surface area contributed by atoms with Crippen LogP contribution >= 0.6 is 0 Å². The monoisotopic (exact) mass is 247 g/mol. The van der Waals surface area contributed by atoms with Gasteiger partial charge in [0.25, 0.3) is 0 Å². The van der Waals surface area contributed by atoms with Crippen molar-refractivity contribution in [3.63, 3.8) is 0 Å². The lowest BCUT2D eigenvalue weighted by molar-refractivity contribution is -0.134. The van der Waals surface area contributed by atoms with Crippen LogP contribution in [0.25, 0.3) is 0 Å². The van der Waals surface area contributed by atoms with Gasteiger partial charge < -0.3 is 9.84 Å². The van der Waals surface area contributed by atoms with Crippen LogP contribution in [-0.2, 0) is 16.1 Å². The van der Waals surface area contributed by atoms with Gasteiger partial charge in [0.1, 0.15) is 12.3 Å². The Hall–Kier alpha value is -2.30. The number of carboxylic acid groups (broad SMARTS) is 1.